The standard InChI is InChI=1S/C20H22FN5O2.2C2HF3O2/c1-28-12-11-26-10-7-18(24-26)20(27)25-8-5-16-17(6-9-25)22-23-19(16)14-3-2-4-15(21)13-14;2*3-2(4,5)1(6)7/h2-4,7,10,13H,5-6,8-9,11-12H2,1H3,(H,22,23);2*(H,6,7). The maximum absolute atomic E-state index is 13.6. The number of aromatic amines is 1. The first kappa shape index (κ1) is 33.7. The number of nitrogens with zero attached hydrogens (tertiary/aromatic N) is 4. The summed E-state index contributed by atoms with van der Waals surface area (Å²) >= 11 is 0. The first-order valence-corrected chi connectivity index (χ1v) is 11.8. The Morgan fingerprint density at radius 3 is 2.14 bits per heavy atom. The van der Waals surface area contributed by atoms with Gasteiger partial charge < -0.3 is 19.8 Å². The van der Waals surface area contributed by atoms with E-state index in [2.05, 4.69) is 15.3 Å². The van der Waals surface area contributed by atoms with Crippen LogP contribution >= 0.6 is 0 Å². The van der Waals surface area contributed by atoms with Crippen LogP contribution in [0, 0.1) is 5.82 Å². The van der Waals surface area contributed by atoms with Crippen molar-refractivity contribution in [2.24, 2.45) is 0 Å². The number of hydrogen-bond donors (Lipinski definition) is 3. The second-order valence-electron chi connectivity index (χ2n) is 8.39. The lowest BCUT2D eigenvalue weighted by Crippen LogP contribution is -2.33. The number of ether oxygens (including phenoxy) is 1. The van der Waals surface area contributed by atoms with Crippen molar-refractivity contribution in [2.75, 3.05) is 26.8 Å². The van der Waals surface area contributed by atoms with Crippen LogP contribution in [0.3, 0.4) is 0 Å². The van der Waals surface area contributed by atoms with Crippen molar-refractivity contribution < 1.29 is 60.1 Å². The fraction of sp³-hybridized carbons (Fsp3) is 0.375. The zero-order chi connectivity index (χ0) is 31.7. The molecule has 0 saturated heterocycles. The Kier molecular flexibility index (Phi) is 11.6. The Balaban J connectivity index is 0.000000367. The number of rotatable bonds is 5. The second kappa shape index (κ2) is 14.4. The summed E-state index contributed by atoms with van der Waals surface area (Å²) in [5.74, 6) is -5.88. The van der Waals surface area contributed by atoms with E-state index in [9.17, 15) is 35.5 Å². The summed E-state index contributed by atoms with van der Waals surface area (Å²) in [5.41, 5.74) is 3.98. The quantitative estimate of drug-likeness (QED) is 0.371. The Labute approximate surface area is 232 Å². The van der Waals surface area contributed by atoms with E-state index >= 15 is 0 Å². The molecule has 4 rings (SSSR count). The number of aromatic nitrogens is 4. The summed E-state index contributed by atoms with van der Waals surface area (Å²) in [5, 5.41) is 26.1. The lowest BCUT2D eigenvalue weighted by Gasteiger charge is -2.19. The van der Waals surface area contributed by atoms with Gasteiger partial charge >= 0.3 is 24.3 Å². The van der Waals surface area contributed by atoms with E-state index in [0.717, 1.165) is 22.5 Å². The van der Waals surface area contributed by atoms with Crippen molar-refractivity contribution in [3.8, 4) is 11.3 Å². The van der Waals surface area contributed by atoms with E-state index in [4.69, 9.17) is 24.5 Å². The van der Waals surface area contributed by atoms with Crippen LogP contribution in [-0.4, -0.2) is 92.1 Å². The average molecular weight is 611 g/mol. The first-order valence-electron chi connectivity index (χ1n) is 11.8. The number of H-pyrrole nitrogens is 1. The molecular formula is C24H24F7N5O6. The molecule has 3 aromatic rings. The molecule has 0 radical (unpaired) electrons. The Hall–Kier alpha value is -4.48. The SMILES string of the molecule is COCCn1ccc(C(=O)N2CCc3[nH]nc(-c4cccc(F)c4)c3CC2)n1.O=C(O)C(F)(F)F.O=C(O)C(F)(F)F. The molecular weight excluding hydrogens is 587 g/mol. The number of benzene rings is 1. The number of alkyl halides is 6. The molecule has 0 fully saturated rings. The number of hydrogen-bond acceptors (Lipinski definition) is 6. The third-order valence-corrected chi connectivity index (χ3v) is 5.47. The molecule has 3 heterocycles. The number of halogens is 7. The lowest BCUT2D eigenvalue weighted by molar-refractivity contribution is -0.193. The van der Waals surface area contributed by atoms with E-state index in [0.29, 0.717) is 44.8 Å². The fourth-order valence-corrected chi connectivity index (χ4v) is 3.51. The van der Waals surface area contributed by atoms with Gasteiger partial charge in [-0.3, -0.25) is 14.6 Å². The lowest BCUT2D eigenvalue weighted by atomic mass is 10.0. The molecule has 0 aliphatic carbocycles. The smallest absolute Gasteiger partial charge is 0.475 e. The van der Waals surface area contributed by atoms with Gasteiger partial charge in [0.25, 0.3) is 5.91 Å². The van der Waals surface area contributed by atoms with Crippen LogP contribution in [0.4, 0.5) is 30.7 Å². The summed E-state index contributed by atoms with van der Waals surface area (Å²) in [4.78, 5) is 32.5. The van der Waals surface area contributed by atoms with Crippen LogP contribution in [-0.2, 0) is 33.7 Å². The number of carboxylic acid groups (broad SMARTS) is 2. The van der Waals surface area contributed by atoms with Gasteiger partial charge in [0.05, 0.1) is 18.8 Å². The van der Waals surface area contributed by atoms with E-state index in [1.807, 2.05) is 11.0 Å². The molecule has 0 bridgehead atoms. The van der Waals surface area contributed by atoms with Crippen LogP contribution in [0.2, 0.25) is 0 Å². The zero-order valence-electron chi connectivity index (χ0n) is 21.7. The summed E-state index contributed by atoms with van der Waals surface area (Å²) < 4.78 is 83.8. The average Bonchev–Trinajstić information content (AvgIpc) is 3.49. The molecule has 2 aromatic heterocycles. The van der Waals surface area contributed by atoms with E-state index in [-0.39, 0.29) is 11.7 Å². The van der Waals surface area contributed by atoms with Crippen molar-refractivity contribution in [2.45, 2.75) is 31.7 Å². The maximum Gasteiger partial charge on any atom is 0.490 e. The maximum atomic E-state index is 13.6. The molecule has 1 aliphatic heterocycles. The highest BCUT2D eigenvalue weighted by molar-refractivity contribution is 5.92. The molecule has 18 heteroatoms. The van der Waals surface area contributed by atoms with Crippen molar-refractivity contribution in [1.82, 2.24) is 24.9 Å². The number of amides is 1. The van der Waals surface area contributed by atoms with Gasteiger partial charge in [0, 0.05) is 49.6 Å². The predicted octanol–water partition coefficient (Wildman–Crippen LogP) is 3.57. The molecule has 1 aromatic carbocycles. The molecule has 0 saturated carbocycles. The minimum absolute atomic E-state index is 0.0819. The van der Waals surface area contributed by atoms with Crippen LogP contribution in [0.1, 0.15) is 21.7 Å². The number of carbonyl (C=O) groups is 3. The van der Waals surface area contributed by atoms with E-state index < -0.39 is 24.3 Å². The second-order valence-corrected chi connectivity index (χ2v) is 8.39. The third-order valence-electron chi connectivity index (χ3n) is 5.47. The number of methoxy groups -OCH3 is 1. The Bertz CT molecular complexity index is 1350. The van der Waals surface area contributed by atoms with Crippen molar-refractivity contribution in [3.05, 3.63) is 59.3 Å². The minimum atomic E-state index is -5.08. The monoisotopic (exact) mass is 611 g/mol. The zero-order valence-corrected chi connectivity index (χ0v) is 21.7. The van der Waals surface area contributed by atoms with Crippen molar-refractivity contribution in [1.29, 1.82) is 0 Å². The summed E-state index contributed by atoms with van der Waals surface area (Å²) in [7, 11) is 1.63. The van der Waals surface area contributed by atoms with Crippen LogP contribution in [0.15, 0.2) is 36.5 Å². The Morgan fingerprint density at radius 1 is 1.00 bits per heavy atom. The van der Waals surface area contributed by atoms with Gasteiger partial charge in [-0.15, -0.1) is 0 Å². The number of carbonyl (C=O) groups excluding carboxylic acids is 1. The third kappa shape index (κ3) is 9.86. The molecule has 42 heavy (non-hydrogen) atoms. The van der Waals surface area contributed by atoms with Gasteiger partial charge in [0.2, 0.25) is 0 Å². The van der Waals surface area contributed by atoms with Gasteiger partial charge in [-0.25, -0.2) is 14.0 Å². The highest BCUT2D eigenvalue weighted by Crippen LogP contribution is 2.27. The minimum Gasteiger partial charge on any atom is -0.475 e. The van der Waals surface area contributed by atoms with Crippen LogP contribution < -0.4 is 0 Å². The number of aliphatic carboxylic acids is 2. The molecule has 11 nitrogen and oxygen atoms in total. The van der Waals surface area contributed by atoms with Gasteiger partial charge in [-0.2, -0.15) is 36.5 Å². The molecule has 0 unspecified atom stereocenters. The molecule has 1 amide bonds. The highest BCUT2D eigenvalue weighted by Gasteiger charge is 2.38. The van der Waals surface area contributed by atoms with Crippen molar-refractivity contribution >= 4 is 17.8 Å². The van der Waals surface area contributed by atoms with Gasteiger partial charge in [-0.05, 0) is 24.6 Å². The van der Waals surface area contributed by atoms with Crippen molar-refractivity contribution in [3.63, 3.8) is 0 Å². The number of fused-ring (bicyclic) bond motifs is 1. The molecule has 0 atom stereocenters. The largest absolute Gasteiger partial charge is 0.490 e. The van der Waals surface area contributed by atoms with Crippen LogP contribution in [0.25, 0.3) is 11.3 Å². The molecule has 3 N–H and O–H groups in total. The first-order chi connectivity index (χ1) is 19.5. The molecule has 230 valence electrons. The predicted molar refractivity (Wildman–Crippen MR) is 129 cm³/mol. The van der Waals surface area contributed by atoms with Crippen LogP contribution in [0.5, 0.6) is 0 Å². The number of carboxylic acids is 2. The summed E-state index contributed by atoms with van der Waals surface area (Å²) in [6.07, 6.45) is -7.04. The van der Waals surface area contributed by atoms with Gasteiger partial charge in [-0.1, -0.05) is 12.1 Å². The normalized spacial score (nSPS) is 13.1. The van der Waals surface area contributed by atoms with E-state index in [1.54, 1.807) is 30.1 Å². The molecule has 0 spiro atoms. The number of nitrogens with one attached hydrogen (secondary N) is 1. The highest BCUT2D eigenvalue weighted by atomic mass is 19.4. The fourth-order valence-electron chi connectivity index (χ4n) is 3.51. The summed E-state index contributed by atoms with van der Waals surface area (Å²) in [6.45, 7) is 2.31. The Morgan fingerprint density at radius 2 is 1.60 bits per heavy atom. The van der Waals surface area contributed by atoms with Gasteiger partial charge in [0.15, 0.2) is 0 Å². The topological polar surface area (TPSA) is 151 Å². The molecule has 1 aliphatic rings. The van der Waals surface area contributed by atoms with E-state index in [1.165, 1.54) is 12.1 Å². The summed E-state index contributed by atoms with van der Waals surface area (Å²) in [6, 6.07) is 8.16. The van der Waals surface area contributed by atoms with Gasteiger partial charge in [0.1, 0.15) is 11.5 Å².